The van der Waals surface area contributed by atoms with Gasteiger partial charge in [-0.3, -0.25) is 0 Å². The Hall–Kier alpha value is -0.120. The van der Waals surface area contributed by atoms with Crippen LogP contribution in [0.25, 0.3) is 0 Å². The molecule has 112 valence electrons. The summed E-state index contributed by atoms with van der Waals surface area (Å²) in [6.07, 6.45) is 5.22. The average molecular weight is 268 g/mol. The van der Waals surface area contributed by atoms with E-state index in [0.717, 1.165) is 25.2 Å². The van der Waals surface area contributed by atoms with Crippen molar-refractivity contribution >= 4 is 0 Å². The standard InChI is InChI=1S/C16H32N2O/c1-4-18(11-14(2)3)13-16(7-9-19-10-8-16)12-17-15-5-6-15/h14-15,17H,4-13H2,1-3H3. The second-order valence-corrected chi connectivity index (χ2v) is 6.99. The Bertz CT molecular complexity index is 257. The summed E-state index contributed by atoms with van der Waals surface area (Å²) in [7, 11) is 0. The van der Waals surface area contributed by atoms with Crippen LogP contribution in [0.5, 0.6) is 0 Å². The first-order valence-electron chi connectivity index (χ1n) is 8.17. The molecule has 1 aliphatic carbocycles. The van der Waals surface area contributed by atoms with E-state index >= 15 is 0 Å². The maximum atomic E-state index is 5.60. The summed E-state index contributed by atoms with van der Waals surface area (Å²) in [5.41, 5.74) is 0.450. The van der Waals surface area contributed by atoms with Crippen LogP contribution in [0.4, 0.5) is 0 Å². The zero-order valence-electron chi connectivity index (χ0n) is 13.1. The molecular weight excluding hydrogens is 236 g/mol. The van der Waals surface area contributed by atoms with Crippen LogP contribution >= 0.6 is 0 Å². The van der Waals surface area contributed by atoms with Gasteiger partial charge in [-0.05, 0) is 43.6 Å². The molecule has 19 heavy (non-hydrogen) atoms. The molecular formula is C16H32N2O. The van der Waals surface area contributed by atoms with Gasteiger partial charge in [-0.25, -0.2) is 0 Å². The van der Waals surface area contributed by atoms with Crippen LogP contribution in [-0.2, 0) is 4.74 Å². The van der Waals surface area contributed by atoms with Crippen molar-refractivity contribution in [2.24, 2.45) is 11.3 Å². The molecule has 0 aromatic rings. The van der Waals surface area contributed by atoms with Crippen LogP contribution in [-0.4, -0.2) is 50.3 Å². The first-order chi connectivity index (χ1) is 9.13. The predicted octanol–water partition coefficient (Wildman–Crippen LogP) is 2.51. The highest BCUT2D eigenvalue weighted by Crippen LogP contribution is 2.32. The number of nitrogens with one attached hydrogen (secondary N) is 1. The summed E-state index contributed by atoms with van der Waals surface area (Å²) < 4.78 is 5.60. The van der Waals surface area contributed by atoms with Gasteiger partial charge in [-0.15, -0.1) is 0 Å². The molecule has 2 aliphatic rings. The zero-order valence-corrected chi connectivity index (χ0v) is 13.1. The zero-order chi connectivity index (χ0) is 13.7. The molecule has 0 unspecified atom stereocenters. The van der Waals surface area contributed by atoms with E-state index in [2.05, 4.69) is 31.0 Å². The lowest BCUT2D eigenvalue weighted by Gasteiger charge is -2.41. The molecule has 1 heterocycles. The summed E-state index contributed by atoms with van der Waals surface area (Å²) in [5.74, 6) is 0.758. The molecule has 3 heteroatoms. The molecule has 2 fully saturated rings. The van der Waals surface area contributed by atoms with Gasteiger partial charge in [-0.2, -0.15) is 0 Å². The van der Waals surface area contributed by atoms with Crippen molar-refractivity contribution in [3.63, 3.8) is 0 Å². The third-order valence-corrected chi connectivity index (χ3v) is 4.53. The highest BCUT2D eigenvalue weighted by molar-refractivity contribution is 4.91. The first kappa shape index (κ1) is 15.3. The van der Waals surface area contributed by atoms with E-state index in [0.29, 0.717) is 5.41 Å². The molecule has 0 aromatic heterocycles. The van der Waals surface area contributed by atoms with Crippen LogP contribution in [0, 0.1) is 11.3 Å². The minimum Gasteiger partial charge on any atom is -0.381 e. The topological polar surface area (TPSA) is 24.5 Å². The van der Waals surface area contributed by atoms with Gasteiger partial charge >= 0.3 is 0 Å². The average Bonchev–Trinajstić information content (AvgIpc) is 3.20. The Morgan fingerprint density at radius 1 is 1.26 bits per heavy atom. The monoisotopic (exact) mass is 268 g/mol. The van der Waals surface area contributed by atoms with Crippen molar-refractivity contribution in [2.45, 2.75) is 52.5 Å². The summed E-state index contributed by atoms with van der Waals surface area (Å²) >= 11 is 0. The number of hydrogen-bond donors (Lipinski definition) is 1. The van der Waals surface area contributed by atoms with Gasteiger partial charge in [0.25, 0.3) is 0 Å². The second-order valence-electron chi connectivity index (χ2n) is 6.99. The van der Waals surface area contributed by atoms with Crippen molar-refractivity contribution in [3.05, 3.63) is 0 Å². The molecule has 1 saturated carbocycles. The quantitative estimate of drug-likeness (QED) is 0.732. The fourth-order valence-corrected chi connectivity index (χ4v) is 3.14. The minimum atomic E-state index is 0.450. The van der Waals surface area contributed by atoms with Crippen molar-refractivity contribution in [1.29, 1.82) is 0 Å². The molecule has 0 aromatic carbocycles. The first-order valence-corrected chi connectivity index (χ1v) is 8.17. The third kappa shape index (κ3) is 5.05. The lowest BCUT2D eigenvalue weighted by atomic mass is 9.79. The molecule has 1 saturated heterocycles. The SMILES string of the molecule is CCN(CC(C)C)CC1(CNC2CC2)CCOCC1. The fourth-order valence-electron chi connectivity index (χ4n) is 3.14. The second kappa shape index (κ2) is 7.05. The minimum absolute atomic E-state index is 0.450. The van der Waals surface area contributed by atoms with E-state index in [4.69, 9.17) is 4.74 Å². The number of nitrogens with zero attached hydrogens (tertiary/aromatic N) is 1. The van der Waals surface area contributed by atoms with E-state index in [-0.39, 0.29) is 0 Å². The van der Waals surface area contributed by atoms with Gasteiger partial charge in [0.1, 0.15) is 0 Å². The van der Waals surface area contributed by atoms with E-state index in [1.54, 1.807) is 0 Å². The Labute approximate surface area is 119 Å². The Balaban J connectivity index is 1.90. The van der Waals surface area contributed by atoms with Crippen molar-refractivity contribution in [2.75, 3.05) is 39.4 Å². The molecule has 1 aliphatic heterocycles. The van der Waals surface area contributed by atoms with E-state index in [1.165, 1.54) is 51.9 Å². The van der Waals surface area contributed by atoms with Gasteiger partial charge in [0.2, 0.25) is 0 Å². The van der Waals surface area contributed by atoms with Gasteiger partial charge in [0.15, 0.2) is 0 Å². The molecule has 0 bridgehead atoms. The lowest BCUT2D eigenvalue weighted by molar-refractivity contribution is -0.00539. The molecule has 0 spiro atoms. The Morgan fingerprint density at radius 3 is 2.47 bits per heavy atom. The maximum Gasteiger partial charge on any atom is 0.0472 e. The van der Waals surface area contributed by atoms with E-state index in [1.807, 2.05) is 0 Å². The van der Waals surface area contributed by atoms with Gasteiger partial charge in [0.05, 0.1) is 0 Å². The van der Waals surface area contributed by atoms with E-state index < -0.39 is 0 Å². The smallest absolute Gasteiger partial charge is 0.0472 e. The van der Waals surface area contributed by atoms with Gasteiger partial charge in [0, 0.05) is 38.9 Å². The molecule has 2 rings (SSSR count). The van der Waals surface area contributed by atoms with Crippen LogP contribution in [0.15, 0.2) is 0 Å². The highest BCUT2D eigenvalue weighted by atomic mass is 16.5. The van der Waals surface area contributed by atoms with Crippen molar-refractivity contribution in [3.8, 4) is 0 Å². The molecule has 1 N–H and O–H groups in total. The summed E-state index contributed by atoms with van der Waals surface area (Å²) in [6, 6.07) is 0.819. The van der Waals surface area contributed by atoms with Crippen molar-refractivity contribution < 1.29 is 4.74 Å². The largest absolute Gasteiger partial charge is 0.381 e. The van der Waals surface area contributed by atoms with Crippen LogP contribution < -0.4 is 5.32 Å². The Kier molecular flexibility index (Phi) is 5.67. The predicted molar refractivity (Wildman–Crippen MR) is 80.5 cm³/mol. The lowest BCUT2D eigenvalue weighted by Crippen LogP contribution is -2.48. The van der Waals surface area contributed by atoms with Gasteiger partial charge < -0.3 is 15.0 Å². The molecule has 3 nitrogen and oxygen atoms in total. The van der Waals surface area contributed by atoms with Gasteiger partial charge in [-0.1, -0.05) is 20.8 Å². The molecule has 0 amide bonds. The summed E-state index contributed by atoms with van der Waals surface area (Å²) in [5, 5.41) is 3.77. The maximum absolute atomic E-state index is 5.60. The summed E-state index contributed by atoms with van der Waals surface area (Å²) in [4.78, 5) is 2.64. The normalized spacial score (nSPS) is 23.2. The third-order valence-electron chi connectivity index (χ3n) is 4.53. The molecule has 0 atom stereocenters. The molecule has 0 radical (unpaired) electrons. The van der Waals surface area contributed by atoms with Crippen LogP contribution in [0.2, 0.25) is 0 Å². The number of rotatable bonds is 8. The number of ether oxygens (including phenoxy) is 1. The van der Waals surface area contributed by atoms with Crippen LogP contribution in [0.3, 0.4) is 0 Å². The number of hydrogen-bond acceptors (Lipinski definition) is 3. The fraction of sp³-hybridized carbons (Fsp3) is 1.00. The van der Waals surface area contributed by atoms with Crippen molar-refractivity contribution in [1.82, 2.24) is 10.2 Å². The van der Waals surface area contributed by atoms with Crippen LogP contribution in [0.1, 0.15) is 46.5 Å². The highest BCUT2D eigenvalue weighted by Gasteiger charge is 2.35. The Morgan fingerprint density at radius 2 is 1.95 bits per heavy atom. The van der Waals surface area contributed by atoms with E-state index in [9.17, 15) is 0 Å². The summed E-state index contributed by atoms with van der Waals surface area (Å²) in [6.45, 7) is 13.7.